The minimum atomic E-state index is -0.748. The van der Waals surface area contributed by atoms with E-state index in [4.69, 9.17) is 21.1 Å². The van der Waals surface area contributed by atoms with E-state index in [1.807, 2.05) is 12.1 Å². The van der Waals surface area contributed by atoms with Crippen LogP contribution in [0.3, 0.4) is 0 Å². The van der Waals surface area contributed by atoms with E-state index in [9.17, 15) is 15.2 Å². The maximum Gasteiger partial charge on any atom is 0.306 e. The number of rotatable bonds is 5. The molecule has 0 bridgehead atoms. The second kappa shape index (κ2) is 9.57. The quantitative estimate of drug-likeness (QED) is 0.520. The summed E-state index contributed by atoms with van der Waals surface area (Å²) in [6.07, 6.45) is 2.35. The molecule has 1 aliphatic heterocycles. The van der Waals surface area contributed by atoms with E-state index in [0.717, 1.165) is 54.0 Å². The zero-order valence-electron chi connectivity index (χ0n) is 18.7. The molecule has 2 heterocycles. The standard InChI is InChI=1S/C26H26ClN3O4/c27-23-14-24-21(13-20(23)16-1-5-18(6-2-16)30-9-11-33-12-10-30)22(15-28)25(29-24)34-19-7-3-17(4-8-19)26(31)32/h1-2,5-6,13-14,17,19,29H,3-4,7-12H2,(H,31,32). The van der Waals surface area contributed by atoms with Crippen molar-refractivity contribution >= 4 is 34.2 Å². The van der Waals surface area contributed by atoms with Crippen LogP contribution < -0.4 is 9.64 Å². The number of fused-ring (bicyclic) bond motifs is 1. The van der Waals surface area contributed by atoms with E-state index in [0.29, 0.717) is 42.1 Å². The molecule has 0 amide bonds. The van der Waals surface area contributed by atoms with Gasteiger partial charge in [0.1, 0.15) is 17.7 Å². The first kappa shape index (κ1) is 22.6. The number of carbonyl (C=O) groups is 1. The maximum absolute atomic E-state index is 11.2. The maximum atomic E-state index is 11.2. The molecule has 176 valence electrons. The predicted octanol–water partition coefficient (Wildman–Crippen LogP) is 5.22. The molecule has 0 radical (unpaired) electrons. The van der Waals surface area contributed by atoms with Gasteiger partial charge in [-0.05, 0) is 55.5 Å². The third kappa shape index (κ3) is 4.44. The Bertz CT molecular complexity index is 1230. The molecule has 3 aromatic rings. The predicted molar refractivity (Wildman–Crippen MR) is 131 cm³/mol. The number of anilines is 1. The molecule has 2 aromatic carbocycles. The summed E-state index contributed by atoms with van der Waals surface area (Å²) in [6.45, 7) is 3.23. The van der Waals surface area contributed by atoms with Gasteiger partial charge in [-0.2, -0.15) is 5.26 Å². The van der Waals surface area contributed by atoms with Crippen molar-refractivity contribution in [1.82, 2.24) is 4.98 Å². The molecule has 0 unspecified atom stereocenters. The summed E-state index contributed by atoms with van der Waals surface area (Å²) in [4.78, 5) is 16.7. The summed E-state index contributed by atoms with van der Waals surface area (Å²) < 4.78 is 11.6. The molecule has 34 heavy (non-hydrogen) atoms. The van der Waals surface area contributed by atoms with E-state index >= 15 is 0 Å². The highest BCUT2D eigenvalue weighted by Crippen LogP contribution is 2.38. The molecule has 0 spiro atoms. The van der Waals surface area contributed by atoms with Crippen LogP contribution in [0.1, 0.15) is 31.2 Å². The third-order valence-corrected chi connectivity index (χ3v) is 7.14. The van der Waals surface area contributed by atoms with Crippen molar-refractivity contribution < 1.29 is 19.4 Å². The van der Waals surface area contributed by atoms with Crippen molar-refractivity contribution in [3.05, 3.63) is 47.0 Å². The number of benzene rings is 2. The van der Waals surface area contributed by atoms with Crippen LogP contribution in [-0.2, 0) is 9.53 Å². The second-order valence-electron chi connectivity index (χ2n) is 8.89. The number of H-pyrrole nitrogens is 1. The van der Waals surface area contributed by atoms with Crippen LogP contribution in [0.25, 0.3) is 22.0 Å². The number of halogens is 1. The Morgan fingerprint density at radius 3 is 2.50 bits per heavy atom. The largest absolute Gasteiger partial charge is 0.481 e. The number of carboxylic acid groups (broad SMARTS) is 1. The van der Waals surface area contributed by atoms with E-state index in [2.05, 4.69) is 40.2 Å². The number of nitriles is 1. The van der Waals surface area contributed by atoms with Crippen molar-refractivity contribution in [3.8, 4) is 23.1 Å². The Morgan fingerprint density at radius 1 is 1.15 bits per heavy atom. The average Bonchev–Trinajstić information content (AvgIpc) is 3.20. The van der Waals surface area contributed by atoms with Gasteiger partial charge in [-0.3, -0.25) is 4.79 Å². The van der Waals surface area contributed by atoms with Gasteiger partial charge < -0.3 is 24.5 Å². The molecule has 2 N–H and O–H groups in total. The number of aromatic nitrogens is 1. The highest BCUT2D eigenvalue weighted by molar-refractivity contribution is 6.34. The number of nitrogens with one attached hydrogen (secondary N) is 1. The summed E-state index contributed by atoms with van der Waals surface area (Å²) >= 11 is 6.64. The fourth-order valence-electron chi connectivity index (χ4n) is 4.88. The third-order valence-electron chi connectivity index (χ3n) is 6.83. The first-order valence-corrected chi connectivity index (χ1v) is 12.0. The zero-order valence-corrected chi connectivity index (χ0v) is 19.5. The lowest BCUT2D eigenvalue weighted by atomic mass is 9.87. The van der Waals surface area contributed by atoms with E-state index < -0.39 is 5.97 Å². The Labute approximate surface area is 202 Å². The molecule has 7 nitrogen and oxygen atoms in total. The summed E-state index contributed by atoms with van der Waals surface area (Å²) in [5.41, 5.74) is 4.16. The molecule has 1 aliphatic carbocycles. The number of morpholine rings is 1. The monoisotopic (exact) mass is 479 g/mol. The molecule has 2 aliphatic rings. The van der Waals surface area contributed by atoms with Gasteiger partial charge in [-0.25, -0.2) is 0 Å². The highest BCUT2D eigenvalue weighted by atomic mass is 35.5. The van der Waals surface area contributed by atoms with Crippen molar-refractivity contribution in [2.75, 3.05) is 31.2 Å². The number of aliphatic carboxylic acids is 1. The highest BCUT2D eigenvalue weighted by Gasteiger charge is 2.28. The van der Waals surface area contributed by atoms with Crippen LogP contribution in [0, 0.1) is 17.2 Å². The fraction of sp³-hybridized carbons (Fsp3) is 0.385. The van der Waals surface area contributed by atoms with Gasteiger partial charge in [0, 0.05) is 29.7 Å². The SMILES string of the molecule is N#Cc1c(OC2CCC(C(=O)O)CC2)[nH]c2cc(Cl)c(-c3ccc(N4CCOCC4)cc3)cc12. The fourth-order valence-corrected chi connectivity index (χ4v) is 5.15. The second-order valence-corrected chi connectivity index (χ2v) is 9.30. The number of ether oxygens (including phenoxy) is 2. The molecule has 2 fully saturated rings. The molecule has 5 rings (SSSR count). The van der Waals surface area contributed by atoms with E-state index in [1.54, 1.807) is 0 Å². The van der Waals surface area contributed by atoms with Crippen molar-refractivity contribution in [2.45, 2.75) is 31.8 Å². The Balaban J connectivity index is 1.40. The van der Waals surface area contributed by atoms with Crippen LogP contribution in [0.5, 0.6) is 5.88 Å². The van der Waals surface area contributed by atoms with Crippen LogP contribution in [0.4, 0.5) is 5.69 Å². The number of nitrogens with zero attached hydrogens (tertiary/aromatic N) is 2. The van der Waals surface area contributed by atoms with Gasteiger partial charge in [0.2, 0.25) is 5.88 Å². The lowest BCUT2D eigenvalue weighted by Crippen LogP contribution is -2.36. The molecule has 8 heteroatoms. The Kier molecular flexibility index (Phi) is 6.36. The molecule has 1 saturated heterocycles. The van der Waals surface area contributed by atoms with Crippen molar-refractivity contribution in [2.24, 2.45) is 5.92 Å². The zero-order chi connectivity index (χ0) is 23.7. The molecular formula is C26H26ClN3O4. The van der Waals surface area contributed by atoms with E-state index in [1.165, 1.54) is 0 Å². The topological polar surface area (TPSA) is 98.6 Å². The normalized spacial score (nSPS) is 20.8. The Hall–Kier alpha value is -3.21. The number of carboxylic acids is 1. The van der Waals surface area contributed by atoms with Gasteiger partial charge >= 0.3 is 5.97 Å². The summed E-state index contributed by atoms with van der Waals surface area (Å²) in [5.74, 6) is -0.636. The van der Waals surface area contributed by atoms with Crippen LogP contribution in [0.2, 0.25) is 5.02 Å². The Morgan fingerprint density at radius 2 is 1.85 bits per heavy atom. The summed E-state index contributed by atoms with van der Waals surface area (Å²) in [5, 5.41) is 20.4. The minimum absolute atomic E-state index is 0.113. The van der Waals surface area contributed by atoms with Crippen molar-refractivity contribution in [1.29, 1.82) is 5.26 Å². The lowest BCUT2D eigenvalue weighted by molar-refractivity contribution is -0.143. The number of hydrogen-bond acceptors (Lipinski definition) is 5. The van der Waals surface area contributed by atoms with Gasteiger partial charge in [0.25, 0.3) is 0 Å². The first-order chi connectivity index (χ1) is 16.5. The molecular weight excluding hydrogens is 454 g/mol. The summed E-state index contributed by atoms with van der Waals surface area (Å²) in [7, 11) is 0. The van der Waals surface area contributed by atoms with Gasteiger partial charge in [-0.15, -0.1) is 0 Å². The average molecular weight is 480 g/mol. The van der Waals surface area contributed by atoms with Gasteiger partial charge in [0.05, 0.1) is 29.7 Å². The van der Waals surface area contributed by atoms with E-state index in [-0.39, 0.29) is 12.0 Å². The number of hydrogen-bond donors (Lipinski definition) is 2. The first-order valence-electron chi connectivity index (χ1n) is 11.6. The smallest absolute Gasteiger partial charge is 0.306 e. The van der Waals surface area contributed by atoms with Crippen LogP contribution >= 0.6 is 11.6 Å². The molecule has 1 saturated carbocycles. The van der Waals surface area contributed by atoms with Gasteiger partial charge in [-0.1, -0.05) is 23.7 Å². The molecule has 1 aromatic heterocycles. The number of aromatic amines is 1. The minimum Gasteiger partial charge on any atom is -0.481 e. The molecule has 0 atom stereocenters. The van der Waals surface area contributed by atoms with Crippen LogP contribution in [-0.4, -0.2) is 48.5 Å². The summed E-state index contributed by atoms with van der Waals surface area (Å²) in [6, 6.07) is 14.3. The van der Waals surface area contributed by atoms with Crippen LogP contribution in [0.15, 0.2) is 36.4 Å². The van der Waals surface area contributed by atoms with Gasteiger partial charge in [0.15, 0.2) is 0 Å². The lowest BCUT2D eigenvalue weighted by Gasteiger charge is -2.29. The van der Waals surface area contributed by atoms with Crippen molar-refractivity contribution in [3.63, 3.8) is 0 Å².